The number of azo groups is 2. The van der Waals surface area contributed by atoms with E-state index in [-0.39, 0.29) is 11.4 Å². The van der Waals surface area contributed by atoms with Crippen molar-refractivity contribution in [2.45, 2.75) is 0 Å². The molecule has 0 aliphatic carbocycles. The molecule has 2 aliphatic rings. The van der Waals surface area contributed by atoms with E-state index in [4.69, 9.17) is 28.7 Å². The minimum absolute atomic E-state index is 0.262. The monoisotopic (exact) mass is 301 g/mol. The van der Waals surface area contributed by atoms with Gasteiger partial charge in [-0.25, -0.2) is 5.41 Å². The van der Waals surface area contributed by atoms with E-state index in [9.17, 15) is 20.2 Å². The van der Waals surface area contributed by atoms with E-state index in [1.54, 1.807) is 0 Å². The molecule has 0 aromatic carbocycles. The number of guanidine groups is 1. The number of hydrogen-bond donors (Lipinski definition) is 5. The second kappa shape index (κ2) is 5.42. The smallest absolute Gasteiger partial charge is 0.358 e. The topological polar surface area (TPSA) is 264 Å². The molecule has 16 nitrogen and oxygen atoms in total. The SMILES string of the molecule is N=C(N)[N+](N)(N)N.O=[N+]([O-])C1=C2N=NC([N+](=O)[O-])=C2N=N1. The number of nitrogens with zero attached hydrogens (tertiary/aromatic N) is 7. The third-order valence-corrected chi connectivity index (χ3v) is 1.90. The van der Waals surface area contributed by atoms with E-state index < -0.39 is 32.3 Å². The molecule has 0 spiro atoms. The first-order valence-electron chi connectivity index (χ1n) is 4.76. The Hall–Kier alpha value is -3.21. The van der Waals surface area contributed by atoms with Crippen LogP contribution in [0.25, 0.3) is 0 Å². The maximum Gasteiger partial charge on any atom is 0.423 e. The van der Waals surface area contributed by atoms with Crippen LogP contribution in [0.15, 0.2) is 43.5 Å². The largest absolute Gasteiger partial charge is 0.423 e. The zero-order chi connectivity index (χ0) is 16.4. The zero-order valence-corrected chi connectivity index (χ0v) is 10.1. The molecule has 0 unspecified atom stereocenters. The van der Waals surface area contributed by atoms with E-state index in [0.717, 1.165) is 0 Å². The molecule has 0 fully saturated rings. The highest BCUT2D eigenvalue weighted by Gasteiger charge is 2.42. The predicted molar refractivity (Wildman–Crippen MR) is 62.5 cm³/mol. The van der Waals surface area contributed by atoms with Crippen molar-refractivity contribution < 1.29 is 14.7 Å². The van der Waals surface area contributed by atoms with Crippen molar-refractivity contribution in [3.63, 3.8) is 0 Å². The van der Waals surface area contributed by atoms with Gasteiger partial charge in [0, 0.05) is 0 Å². The number of quaternary nitrogens is 1. The van der Waals surface area contributed by atoms with Crippen LogP contribution in [0.4, 0.5) is 0 Å². The Bertz CT molecular complexity index is 591. The molecule has 21 heavy (non-hydrogen) atoms. The Labute approximate surface area is 114 Å². The zero-order valence-electron chi connectivity index (χ0n) is 10.1. The minimum atomic E-state index is -1.08. The molecule has 2 rings (SSSR count). The first-order chi connectivity index (χ1) is 9.55. The van der Waals surface area contributed by atoms with Crippen molar-refractivity contribution in [1.29, 1.82) is 5.41 Å². The summed E-state index contributed by atoms with van der Waals surface area (Å²) in [7, 11) is 0. The van der Waals surface area contributed by atoms with E-state index in [0.29, 0.717) is 0 Å². The molecular weight excluding hydrogens is 292 g/mol. The van der Waals surface area contributed by atoms with Gasteiger partial charge in [-0.3, -0.25) is 0 Å². The third kappa shape index (κ3) is 3.42. The van der Waals surface area contributed by atoms with Gasteiger partial charge >= 0.3 is 17.6 Å². The normalized spacial score (nSPS) is 15.8. The molecule has 2 aliphatic heterocycles. The molecule has 0 amide bonds. The fraction of sp³-hybridized carbons (Fsp3) is 0. The maximum absolute atomic E-state index is 10.3. The first-order valence-corrected chi connectivity index (χ1v) is 4.76. The standard InChI is InChI=1S/C4N6O4.CH9N6/c11-9(12)3-1-2(6-7-3)4(8-5-1)10(13)14;2-1(3)7(4,5)6/h;4-6H2,(H3,2,3)/q;+1. The van der Waals surface area contributed by atoms with E-state index in [1.807, 2.05) is 0 Å². The lowest BCUT2D eigenvalue weighted by Crippen LogP contribution is -2.71. The molecular formula is C5H9N12O4+. The van der Waals surface area contributed by atoms with Crippen molar-refractivity contribution in [2.75, 3.05) is 0 Å². The summed E-state index contributed by atoms with van der Waals surface area (Å²) in [6, 6.07) is 0. The van der Waals surface area contributed by atoms with E-state index in [2.05, 4.69) is 20.5 Å². The summed E-state index contributed by atoms with van der Waals surface area (Å²) in [5, 5.41) is 40.0. The van der Waals surface area contributed by atoms with E-state index >= 15 is 0 Å². The van der Waals surface area contributed by atoms with Crippen LogP contribution in [-0.4, -0.2) is 20.6 Å². The quantitative estimate of drug-likeness (QED) is 0.0959. The number of rotatable bonds is 2. The second-order valence-corrected chi connectivity index (χ2v) is 3.48. The number of nitrogens with two attached hydrogens (primary N) is 4. The van der Waals surface area contributed by atoms with Crippen molar-refractivity contribution in [3.05, 3.63) is 43.3 Å². The Balaban J connectivity index is 0.000000270. The summed E-state index contributed by atoms with van der Waals surface area (Å²) in [4.78, 5) is 17.9. The van der Waals surface area contributed by atoms with Gasteiger partial charge in [-0.2, -0.15) is 0 Å². The highest BCUT2D eigenvalue weighted by molar-refractivity contribution is 5.65. The van der Waals surface area contributed by atoms with Crippen LogP contribution >= 0.6 is 0 Å². The Morgan fingerprint density at radius 3 is 1.43 bits per heavy atom. The number of hydrogen-bond acceptors (Lipinski definition) is 12. The molecule has 0 saturated heterocycles. The van der Waals surface area contributed by atoms with Crippen LogP contribution in [-0.2, 0) is 0 Å². The molecule has 0 aromatic heterocycles. The third-order valence-electron chi connectivity index (χ3n) is 1.90. The van der Waals surface area contributed by atoms with Gasteiger partial charge in [0.25, 0.3) is 0 Å². The highest BCUT2D eigenvalue weighted by Crippen LogP contribution is 2.34. The molecule has 0 atom stereocenters. The molecule has 0 saturated carbocycles. The molecule has 2 heterocycles. The van der Waals surface area contributed by atoms with Gasteiger partial charge in [-0.1, -0.05) is 0 Å². The van der Waals surface area contributed by atoms with Crippen molar-refractivity contribution >= 4 is 5.96 Å². The Morgan fingerprint density at radius 2 is 1.24 bits per heavy atom. The molecule has 9 N–H and O–H groups in total. The average Bonchev–Trinajstić information content (AvgIpc) is 2.86. The molecule has 0 aromatic rings. The Morgan fingerprint density at radius 1 is 0.952 bits per heavy atom. The van der Waals surface area contributed by atoms with Crippen molar-refractivity contribution in [3.8, 4) is 0 Å². The Kier molecular flexibility index (Phi) is 4.09. The lowest BCUT2D eigenvalue weighted by atomic mass is 10.3. The fourth-order valence-electron chi connectivity index (χ4n) is 0.931. The highest BCUT2D eigenvalue weighted by atomic mass is 16.6. The summed E-state index contributed by atoms with van der Waals surface area (Å²) >= 11 is 0. The van der Waals surface area contributed by atoms with Gasteiger partial charge < -0.3 is 26.0 Å². The van der Waals surface area contributed by atoms with Gasteiger partial charge in [0.1, 0.15) is 0 Å². The number of nitrogens with one attached hydrogen (secondary N) is 1. The summed E-state index contributed by atoms with van der Waals surface area (Å²) in [5.74, 6) is 12.7. The minimum Gasteiger partial charge on any atom is -0.358 e. The fourth-order valence-corrected chi connectivity index (χ4v) is 0.931. The molecule has 112 valence electrons. The van der Waals surface area contributed by atoms with Crippen LogP contribution in [0.1, 0.15) is 0 Å². The maximum atomic E-state index is 10.3. The van der Waals surface area contributed by atoms with Crippen LogP contribution in [0.2, 0.25) is 0 Å². The predicted octanol–water partition coefficient (Wildman–Crippen LogP) is -1.87. The van der Waals surface area contributed by atoms with Crippen molar-refractivity contribution in [1.82, 2.24) is 0 Å². The van der Waals surface area contributed by atoms with Gasteiger partial charge in [0.05, 0.1) is 10.2 Å². The molecule has 16 heteroatoms. The summed E-state index contributed by atoms with van der Waals surface area (Å²) in [5.41, 5.74) is 4.23. The van der Waals surface area contributed by atoms with Crippen molar-refractivity contribution in [2.24, 2.45) is 43.7 Å². The molecule has 0 radical (unpaired) electrons. The van der Waals surface area contributed by atoms with Gasteiger partial charge in [-0.15, -0.1) is 17.5 Å². The average molecular weight is 301 g/mol. The summed E-state index contributed by atoms with van der Waals surface area (Å²) in [6.45, 7) is 0. The van der Waals surface area contributed by atoms with Gasteiger partial charge in [0.15, 0.2) is 0 Å². The van der Waals surface area contributed by atoms with E-state index in [1.165, 1.54) is 0 Å². The lowest BCUT2D eigenvalue weighted by Gasteiger charge is -2.14. The van der Waals surface area contributed by atoms with Crippen LogP contribution < -0.4 is 23.3 Å². The van der Waals surface area contributed by atoms with Gasteiger partial charge in [0.2, 0.25) is 11.4 Å². The molecule has 0 bridgehead atoms. The summed E-state index contributed by atoms with van der Waals surface area (Å²) < 4.78 is 0. The second-order valence-electron chi connectivity index (χ2n) is 3.48. The number of nitro groups is 2. The first kappa shape index (κ1) is 15.8. The number of fused-ring (bicyclic) bond motifs is 1. The lowest BCUT2D eigenvalue weighted by molar-refractivity contribution is -0.880. The van der Waals surface area contributed by atoms with Crippen LogP contribution in [0.3, 0.4) is 0 Å². The van der Waals surface area contributed by atoms with Gasteiger partial charge in [-0.05, 0) is 24.9 Å². The van der Waals surface area contributed by atoms with Crippen LogP contribution in [0.5, 0.6) is 0 Å². The summed E-state index contributed by atoms with van der Waals surface area (Å²) in [6.07, 6.45) is 0. The van der Waals surface area contributed by atoms with Crippen LogP contribution in [0, 0.1) is 25.6 Å².